The summed E-state index contributed by atoms with van der Waals surface area (Å²) in [5.74, 6) is 2.97. The Morgan fingerprint density at radius 3 is 2.29 bits per heavy atom. The van der Waals surface area contributed by atoms with Crippen LogP contribution in [0.4, 0.5) is 11.5 Å². The monoisotopic (exact) mass is 231 g/mol. The molecule has 2 fully saturated rings. The van der Waals surface area contributed by atoms with Gasteiger partial charge in [0.25, 0.3) is 0 Å². The fraction of sp³-hybridized carbons (Fsp3) is 0.643. The first kappa shape index (κ1) is 10.9. The fourth-order valence-electron chi connectivity index (χ4n) is 2.39. The Bertz CT molecular complexity index is 394. The predicted octanol–water partition coefficient (Wildman–Crippen LogP) is 2.60. The van der Waals surface area contributed by atoms with E-state index in [-0.39, 0.29) is 0 Å². The molecule has 3 rings (SSSR count). The zero-order chi connectivity index (χ0) is 11.8. The van der Waals surface area contributed by atoms with Gasteiger partial charge in [0.1, 0.15) is 5.82 Å². The van der Waals surface area contributed by atoms with Gasteiger partial charge in [0.05, 0.1) is 11.9 Å². The lowest BCUT2D eigenvalue weighted by molar-refractivity contribution is 0.670. The predicted molar refractivity (Wildman–Crippen MR) is 71.0 cm³/mol. The molecule has 3 nitrogen and oxygen atoms in total. The third-order valence-electron chi connectivity index (χ3n) is 3.72. The minimum atomic E-state index is 0.768. The van der Waals surface area contributed by atoms with Crippen LogP contribution in [0.5, 0.6) is 0 Å². The maximum Gasteiger partial charge on any atom is 0.131 e. The third kappa shape index (κ3) is 2.71. The quantitative estimate of drug-likeness (QED) is 0.847. The van der Waals surface area contributed by atoms with Crippen LogP contribution in [-0.4, -0.2) is 18.1 Å². The number of aryl methyl sites for hydroxylation is 1. The summed E-state index contributed by atoms with van der Waals surface area (Å²) in [4.78, 5) is 7.03. The summed E-state index contributed by atoms with van der Waals surface area (Å²) in [6.45, 7) is 4.49. The Morgan fingerprint density at radius 2 is 1.82 bits per heavy atom. The molecule has 0 aliphatic heterocycles. The van der Waals surface area contributed by atoms with Crippen molar-refractivity contribution in [3.05, 3.63) is 17.8 Å². The molecule has 92 valence electrons. The molecule has 0 bridgehead atoms. The van der Waals surface area contributed by atoms with Crippen molar-refractivity contribution in [2.45, 2.75) is 32.6 Å². The van der Waals surface area contributed by atoms with Crippen molar-refractivity contribution in [1.82, 2.24) is 4.98 Å². The van der Waals surface area contributed by atoms with Crippen LogP contribution in [0.3, 0.4) is 0 Å². The van der Waals surface area contributed by atoms with Gasteiger partial charge < -0.3 is 10.6 Å². The second-order valence-corrected chi connectivity index (χ2v) is 5.70. The molecule has 0 unspecified atom stereocenters. The molecule has 3 heteroatoms. The van der Waals surface area contributed by atoms with Crippen molar-refractivity contribution in [3.63, 3.8) is 0 Å². The molecule has 2 N–H and O–H groups in total. The average molecular weight is 231 g/mol. The summed E-state index contributed by atoms with van der Waals surface area (Å²) in [6.07, 6.45) is 7.38. The maximum absolute atomic E-state index is 5.77. The summed E-state index contributed by atoms with van der Waals surface area (Å²) < 4.78 is 0. The molecular weight excluding hydrogens is 210 g/mol. The first-order valence-corrected chi connectivity index (χ1v) is 6.69. The summed E-state index contributed by atoms with van der Waals surface area (Å²) in [6, 6.07) is 2.04. The number of anilines is 2. The standard InChI is InChI=1S/C14H21N3/c1-10-6-13(15)7-16-14(10)17(8-11-2-3-11)9-12-4-5-12/h6-7,11-12H,2-5,8-9,15H2,1H3. The molecule has 2 aliphatic carbocycles. The lowest BCUT2D eigenvalue weighted by Gasteiger charge is -2.25. The molecule has 2 saturated carbocycles. The number of pyridine rings is 1. The molecular formula is C14H21N3. The number of hydrogen-bond donors (Lipinski definition) is 1. The first-order valence-electron chi connectivity index (χ1n) is 6.69. The molecule has 1 heterocycles. The van der Waals surface area contributed by atoms with Gasteiger partial charge in [-0.25, -0.2) is 4.98 Å². The highest BCUT2D eigenvalue weighted by Gasteiger charge is 2.30. The van der Waals surface area contributed by atoms with Gasteiger partial charge >= 0.3 is 0 Å². The van der Waals surface area contributed by atoms with Crippen LogP contribution in [0, 0.1) is 18.8 Å². The van der Waals surface area contributed by atoms with Gasteiger partial charge in [0.2, 0.25) is 0 Å². The van der Waals surface area contributed by atoms with E-state index < -0.39 is 0 Å². The van der Waals surface area contributed by atoms with Gasteiger partial charge in [-0.3, -0.25) is 0 Å². The maximum atomic E-state index is 5.77. The number of nitrogens with zero attached hydrogens (tertiary/aromatic N) is 2. The second kappa shape index (κ2) is 4.21. The molecule has 1 aromatic rings. The number of nitrogen functional groups attached to an aromatic ring is 1. The van der Waals surface area contributed by atoms with Crippen LogP contribution in [0.15, 0.2) is 12.3 Å². The highest BCUT2D eigenvalue weighted by molar-refractivity contribution is 5.52. The van der Waals surface area contributed by atoms with Gasteiger partial charge in [-0.05, 0) is 56.1 Å². The minimum absolute atomic E-state index is 0.768. The average Bonchev–Trinajstić information content (AvgIpc) is 3.11. The Labute approximate surface area is 103 Å². The molecule has 1 aromatic heterocycles. The lowest BCUT2D eigenvalue weighted by Crippen LogP contribution is -2.29. The zero-order valence-electron chi connectivity index (χ0n) is 10.5. The Hall–Kier alpha value is -1.25. The Kier molecular flexibility index (Phi) is 2.69. The van der Waals surface area contributed by atoms with Gasteiger partial charge in [0, 0.05) is 13.1 Å². The molecule has 0 radical (unpaired) electrons. The lowest BCUT2D eigenvalue weighted by atomic mass is 10.2. The topological polar surface area (TPSA) is 42.1 Å². The normalized spacial score (nSPS) is 19.4. The van der Waals surface area contributed by atoms with Crippen LogP contribution < -0.4 is 10.6 Å². The number of hydrogen-bond acceptors (Lipinski definition) is 3. The number of rotatable bonds is 5. The third-order valence-corrected chi connectivity index (χ3v) is 3.72. The van der Waals surface area contributed by atoms with E-state index in [4.69, 9.17) is 5.73 Å². The highest BCUT2D eigenvalue weighted by atomic mass is 15.2. The minimum Gasteiger partial charge on any atom is -0.397 e. The van der Waals surface area contributed by atoms with E-state index in [1.165, 1.54) is 44.3 Å². The van der Waals surface area contributed by atoms with Crippen molar-refractivity contribution in [2.75, 3.05) is 23.7 Å². The molecule has 0 saturated heterocycles. The van der Waals surface area contributed by atoms with Crippen molar-refractivity contribution in [2.24, 2.45) is 11.8 Å². The van der Waals surface area contributed by atoms with E-state index in [0.29, 0.717) is 0 Å². The van der Waals surface area contributed by atoms with Crippen LogP contribution in [0.25, 0.3) is 0 Å². The van der Waals surface area contributed by atoms with Crippen LogP contribution >= 0.6 is 0 Å². The van der Waals surface area contributed by atoms with E-state index in [1.807, 2.05) is 6.07 Å². The molecule has 0 aromatic carbocycles. The van der Waals surface area contributed by atoms with Crippen LogP contribution in [0.2, 0.25) is 0 Å². The fourth-order valence-corrected chi connectivity index (χ4v) is 2.39. The summed E-state index contributed by atoms with van der Waals surface area (Å²) >= 11 is 0. The summed E-state index contributed by atoms with van der Waals surface area (Å²) in [5, 5.41) is 0. The zero-order valence-corrected chi connectivity index (χ0v) is 10.5. The van der Waals surface area contributed by atoms with Crippen molar-refractivity contribution >= 4 is 11.5 Å². The van der Waals surface area contributed by atoms with Crippen LogP contribution in [0.1, 0.15) is 31.2 Å². The Balaban J connectivity index is 1.78. The van der Waals surface area contributed by atoms with Gasteiger partial charge in [-0.15, -0.1) is 0 Å². The molecule has 0 spiro atoms. The second-order valence-electron chi connectivity index (χ2n) is 5.70. The summed E-state index contributed by atoms with van der Waals surface area (Å²) in [5.41, 5.74) is 7.76. The van der Waals surface area contributed by atoms with Gasteiger partial charge in [-0.1, -0.05) is 0 Å². The molecule has 0 amide bonds. The number of aromatic nitrogens is 1. The van der Waals surface area contributed by atoms with Crippen molar-refractivity contribution < 1.29 is 0 Å². The molecule has 17 heavy (non-hydrogen) atoms. The van der Waals surface area contributed by atoms with Gasteiger partial charge in [-0.2, -0.15) is 0 Å². The summed E-state index contributed by atoms with van der Waals surface area (Å²) in [7, 11) is 0. The van der Waals surface area contributed by atoms with Crippen molar-refractivity contribution in [1.29, 1.82) is 0 Å². The van der Waals surface area contributed by atoms with Crippen molar-refractivity contribution in [3.8, 4) is 0 Å². The van der Waals surface area contributed by atoms with E-state index in [2.05, 4.69) is 16.8 Å². The molecule has 0 atom stereocenters. The van der Waals surface area contributed by atoms with E-state index >= 15 is 0 Å². The SMILES string of the molecule is Cc1cc(N)cnc1N(CC1CC1)CC1CC1. The van der Waals surface area contributed by atoms with E-state index in [9.17, 15) is 0 Å². The van der Waals surface area contributed by atoms with Crippen LogP contribution in [-0.2, 0) is 0 Å². The smallest absolute Gasteiger partial charge is 0.131 e. The first-order chi connectivity index (χ1) is 8.22. The van der Waals surface area contributed by atoms with E-state index in [0.717, 1.165) is 23.3 Å². The number of nitrogens with two attached hydrogens (primary N) is 1. The molecule has 2 aliphatic rings. The highest BCUT2D eigenvalue weighted by Crippen LogP contribution is 2.36. The Morgan fingerprint density at radius 1 is 1.24 bits per heavy atom. The van der Waals surface area contributed by atoms with Gasteiger partial charge in [0.15, 0.2) is 0 Å². The largest absolute Gasteiger partial charge is 0.397 e. The van der Waals surface area contributed by atoms with E-state index in [1.54, 1.807) is 6.20 Å².